The van der Waals surface area contributed by atoms with E-state index in [1.54, 1.807) is 29.7 Å². The lowest BCUT2D eigenvalue weighted by Gasteiger charge is -2.16. The first-order chi connectivity index (χ1) is 12.8. The highest BCUT2D eigenvalue weighted by atomic mass is 16.5. The number of hydrogen-bond acceptors (Lipinski definition) is 5. The quantitative estimate of drug-likeness (QED) is 0.668. The van der Waals surface area contributed by atoms with E-state index in [4.69, 9.17) is 9.26 Å². The van der Waals surface area contributed by atoms with Gasteiger partial charge in [-0.3, -0.25) is 9.48 Å². The molecule has 0 aliphatic heterocycles. The number of nitrogens with zero attached hydrogens (tertiary/aromatic N) is 4. The highest BCUT2D eigenvalue weighted by molar-refractivity contribution is 5.93. The zero-order chi connectivity index (χ0) is 19.6. The average molecular weight is 368 g/mol. The summed E-state index contributed by atoms with van der Waals surface area (Å²) in [4.78, 5) is 14.4. The van der Waals surface area contributed by atoms with Crippen LogP contribution in [0.15, 0.2) is 35.0 Å². The minimum atomic E-state index is -0.216. The van der Waals surface area contributed by atoms with Crippen LogP contribution >= 0.6 is 0 Å². The Hall–Kier alpha value is -3.09. The molecule has 0 atom stereocenters. The third kappa shape index (κ3) is 4.19. The molecule has 2 heterocycles. The molecule has 0 spiro atoms. The summed E-state index contributed by atoms with van der Waals surface area (Å²) in [5, 5.41) is 8.09. The fourth-order valence-corrected chi connectivity index (χ4v) is 2.95. The van der Waals surface area contributed by atoms with Crippen molar-refractivity contribution in [3.63, 3.8) is 0 Å². The fourth-order valence-electron chi connectivity index (χ4n) is 2.95. The molecule has 142 valence electrons. The third-order valence-corrected chi connectivity index (χ3v) is 4.43. The molecular weight excluding hydrogens is 344 g/mol. The monoisotopic (exact) mass is 368 g/mol. The first-order valence-electron chi connectivity index (χ1n) is 8.73. The standard InChI is InChI=1S/C20H24N4O3/c1-13-8-14(2)10-17(9-13)26-12-18-15(3)27-22-19(18)20(25)23(4)11-16-6-7-21-24(16)5/h6-10H,11-12H2,1-5H3. The summed E-state index contributed by atoms with van der Waals surface area (Å²) in [5.74, 6) is 1.12. The second kappa shape index (κ2) is 7.65. The Labute approximate surface area is 158 Å². The zero-order valence-electron chi connectivity index (χ0n) is 16.3. The van der Waals surface area contributed by atoms with Gasteiger partial charge in [-0.1, -0.05) is 11.2 Å². The predicted octanol–water partition coefficient (Wildman–Crippen LogP) is 3.18. The highest BCUT2D eigenvalue weighted by Gasteiger charge is 2.24. The molecule has 7 heteroatoms. The molecule has 0 saturated carbocycles. The summed E-state index contributed by atoms with van der Waals surface area (Å²) in [7, 11) is 3.57. The van der Waals surface area contributed by atoms with Crippen molar-refractivity contribution < 1.29 is 14.1 Å². The van der Waals surface area contributed by atoms with E-state index in [-0.39, 0.29) is 18.2 Å². The molecule has 0 N–H and O–H groups in total. The van der Waals surface area contributed by atoms with Crippen LogP contribution in [-0.2, 0) is 20.2 Å². The van der Waals surface area contributed by atoms with Crippen LogP contribution in [0, 0.1) is 20.8 Å². The second-order valence-electron chi connectivity index (χ2n) is 6.79. The molecule has 0 unspecified atom stereocenters. The van der Waals surface area contributed by atoms with Crippen LogP contribution in [0.3, 0.4) is 0 Å². The molecule has 3 aromatic rings. The summed E-state index contributed by atoms with van der Waals surface area (Å²) in [6.45, 7) is 6.47. The number of rotatable bonds is 6. The van der Waals surface area contributed by atoms with Crippen molar-refractivity contribution in [1.82, 2.24) is 19.8 Å². The molecule has 3 rings (SSSR count). The average Bonchev–Trinajstić information content (AvgIpc) is 3.17. The predicted molar refractivity (Wildman–Crippen MR) is 100 cm³/mol. The molecule has 0 aliphatic rings. The third-order valence-electron chi connectivity index (χ3n) is 4.43. The van der Waals surface area contributed by atoms with Gasteiger partial charge in [0.25, 0.3) is 5.91 Å². The Morgan fingerprint density at radius 3 is 2.56 bits per heavy atom. The Balaban J connectivity index is 1.75. The summed E-state index contributed by atoms with van der Waals surface area (Å²) < 4.78 is 12.9. The number of benzene rings is 1. The normalized spacial score (nSPS) is 10.9. The van der Waals surface area contributed by atoms with Crippen LogP contribution in [0.5, 0.6) is 5.75 Å². The van der Waals surface area contributed by atoms with Gasteiger partial charge in [0.2, 0.25) is 0 Å². The van der Waals surface area contributed by atoms with Gasteiger partial charge in [-0.05, 0) is 50.1 Å². The molecule has 0 fully saturated rings. The highest BCUT2D eigenvalue weighted by Crippen LogP contribution is 2.21. The van der Waals surface area contributed by atoms with E-state index in [2.05, 4.69) is 16.3 Å². The smallest absolute Gasteiger partial charge is 0.276 e. The van der Waals surface area contributed by atoms with Crippen LogP contribution in [0.2, 0.25) is 0 Å². The van der Waals surface area contributed by atoms with E-state index in [0.717, 1.165) is 22.6 Å². The largest absolute Gasteiger partial charge is 0.489 e. The summed E-state index contributed by atoms with van der Waals surface area (Å²) in [6, 6.07) is 7.89. The maximum atomic E-state index is 12.9. The van der Waals surface area contributed by atoms with Crippen molar-refractivity contribution >= 4 is 5.91 Å². The second-order valence-corrected chi connectivity index (χ2v) is 6.79. The lowest BCUT2D eigenvalue weighted by molar-refractivity contribution is 0.0769. The van der Waals surface area contributed by atoms with Crippen molar-refractivity contribution in [2.75, 3.05) is 7.05 Å². The van der Waals surface area contributed by atoms with Gasteiger partial charge < -0.3 is 14.2 Å². The minimum absolute atomic E-state index is 0.216. The topological polar surface area (TPSA) is 73.4 Å². The summed E-state index contributed by atoms with van der Waals surface area (Å²) >= 11 is 0. The van der Waals surface area contributed by atoms with E-state index < -0.39 is 0 Å². The van der Waals surface area contributed by atoms with Gasteiger partial charge in [0.1, 0.15) is 18.1 Å². The SMILES string of the molecule is Cc1cc(C)cc(OCc2c(C(=O)N(C)Cc3ccnn3C)noc2C)c1. The number of hydrogen-bond donors (Lipinski definition) is 0. The first kappa shape index (κ1) is 18.7. The van der Waals surface area contributed by atoms with E-state index in [9.17, 15) is 4.79 Å². The molecule has 1 amide bonds. The van der Waals surface area contributed by atoms with E-state index in [1.165, 1.54) is 0 Å². The summed E-state index contributed by atoms with van der Waals surface area (Å²) in [6.07, 6.45) is 1.71. The molecule has 0 saturated heterocycles. The fraction of sp³-hybridized carbons (Fsp3) is 0.350. The molecule has 1 aromatic carbocycles. The molecule has 0 bridgehead atoms. The van der Waals surface area contributed by atoms with Gasteiger partial charge in [-0.15, -0.1) is 0 Å². The van der Waals surface area contributed by atoms with Crippen molar-refractivity contribution in [2.45, 2.75) is 33.9 Å². The molecule has 0 aliphatic carbocycles. The minimum Gasteiger partial charge on any atom is -0.489 e. The number of aryl methyl sites for hydroxylation is 4. The van der Waals surface area contributed by atoms with Crippen LogP contribution in [-0.4, -0.2) is 32.8 Å². The Kier molecular flexibility index (Phi) is 5.30. The van der Waals surface area contributed by atoms with Gasteiger partial charge in [0, 0.05) is 20.3 Å². The zero-order valence-corrected chi connectivity index (χ0v) is 16.3. The molecule has 7 nitrogen and oxygen atoms in total. The van der Waals surface area contributed by atoms with Crippen molar-refractivity contribution in [2.24, 2.45) is 7.05 Å². The number of aromatic nitrogens is 3. The van der Waals surface area contributed by atoms with Crippen molar-refractivity contribution in [1.29, 1.82) is 0 Å². The number of ether oxygens (including phenoxy) is 1. The van der Waals surface area contributed by atoms with Gasteiger partial charge in [0.05, 0.1) is 17.8 Å². The van der Waals surface area contributed by atoms with Crippen molar-refractivity contribution in [3.05, 3.63) is 64.3 Å². The lowest BCUT2D eigenvalue weighted by Crippen LogP contribution is -2.28. The van der Waals surface area contributed by atoms with E-state index in [1.807, 2.05) is 39.1 Å². The van der Waals surface area contributed by atoms with Crippen LogP contribution in [0.25, 0.3) is 0 Å². The maximum absolute atomic E-state index is 12.9. The van der Waals surface area contributed by atoms with Crippen LogP contribution in [0.1, 0.15) is 38.6 Å². The molecular formula is C20H24N4O3. The van der Waals surface area contributed by atoms with E-state index in [0.29, 0.717) is 17.9 Å². The van der Waals surface area contributed by atoms with E-state index >= 15 is 0 Å². The first-order valence-corrected chi connectivity index (χ1v) is 8.73. The van der Waals surface area contributed by atoms with Gasteiger partial charge >= 0.3 is 0 Å². The molecule has 27 heavy (non-hydrogen) atoms. The van der Waals surface area contributed by atoms with Crippen LogP contribution < -0.4 is 4.74 Å². The summed E-state index contributed by atoms with van der Waals surface area (Å²) in [5.41, 5.74) is 4.12. The molecule has 2 aromatic heterocycles. The molecule has 0 radical (unpaired) electrons. The van der Waals surface area contributed by atoms with Crippen LogP contribution in [0.4, 0.5) is 0 Å². The Morgan fingerprint density at radius 2 is 1.93 bits per heavy atom. The lowest BCUT2D eigenvalue weighted by atomic mass is 10.1. The Morgan fingerprint density at radius 1 is 1.22 bits per heavy atom. The van der Waals surface area contributed by atoms with Gasteiger partial charge in [0.15, 0.2) is 5.69 Å². The van der Waals surface area contributed by atoms with Gasteiger partial charge in [-0.2, -0.15) is 5.10 Å². The number of carbonyl (C=O) groups is 1. The number of carbonyl (C=O) groups excluding carboxylic acids is 1. The van der Waals surface area contributed by atoms with Crippen molar-refractivity contribution in [3.8, 4) is 5.75 Å². The maximum Gasteiger partial charge on any atom is 0.276 e. The number of amides is 1. The Bertz CT molecular complexity index is 938. The van der Waals surface area contributed by atoms with Gasteiger partial charge in [-0.25, -0.2) is 0 Å².